The van der Waals surface area contributed by atoms with Gasteiger partial charge in [-0.05, 0) is 43.2 Å². The SMILES string of the molecule is CCCC(=O)Nc1ccc2c(c1)C(C)=CC(O[C@@H]1O[C@H](CO)[C@H](O)[C@H](O)[C@H]1O)O2. The first-order valence-electron chi connectivity index (χ1n) is 9.59. The first-order valence-corrected chi connectivity index (χ1v) is 9.59. The van der Waals surface area contributed by atoms with E-state index >= 15 is 0 Å². The van der Waals surface area contributed by atoms with Crippen molar-refractivity contribution < 1.29 is 39.4 Å². The van der Waals surface area contributed by atoms with E-state index in [1.165, 1.54) is 0 Å². The van der Waals surface area contributed by atoms with Crippen molar-refractivity contribution >= 4 is 17.2 Å². The van der Waals surface area contributed by atoms with E-state index in [0.717, 1.165) is 17.6 Å². The average Bonchev–Trinajstić information content (AvgIpc) is 2.69. The Kier molecular flexibility index (Phi) is 6.89. The summed E-state index contributed by atoms with van der Waals surface area (Å²) in [7, 11) is 0. The Bertz CT molecular complexity index is 765. The minimum Gasteiger partial charge on any atom is -0.461 e. The number of amides is 1. The van der Waals surface area contributed by atoms with Crippen LogP contribution >= 0.6 is 0 Å². The number of anilines is 1. The summed E-state index contributed by atoms with van der Waals surface area (Å²) < 4.78 is 16.8. The summed E-state index contributed by atoms with van der Waals surface area (Å²) in [5.74, 6) is 0.461. The molecule has 1 saturated heterocycles. The third kappa shape index (κ3) is 4.77. The molecule has 3 rings (SSSR count). The topological polar surface area (TPSA) is 138 Å². The summed E-state index contributed by atoms with van der Waals surface area (Å²) in [4.78, 5) is 11.8. The van der Waals surface area contributed by atoms with Crippen molar-refractivity contribution in [2.24, 2.45) is 0 Å². The summed E-state index contributed by atoms with van der Waals surface area (Å²) in [6.07, 6.45) is -4.90. The van der Waals surface area contributed by atoms with Crippen molar-refractivity contribution in [2.45, 2.75) is 63.7 Å². The van der Waals surface area contributed by atoms with Gasteiger partial charge in [-0.2, -0.15) is 0 Å². The molecular weight excluding hydrogens is 382 g/mol. The molecule has 5 N–H and O–H groups in total. The van der Waals surface area contributed by atoms with Crippen LogP contribution in [0.4, 0.5) is 5.69 Å². The van der Waals surface area contributed by atoms with Crippen LogP contribution in [0.5, 0.6) is 5.75 Å². The molecule has 29 heavy (non-hydrogen) atoms. The predicted octanol–water partition coefficient (Wildman–Crippen LogP) is 0.363. The van der Waals surface area contributed by atoms with Gasteiger partial charge in [-0.3, -0.25) is 4.79 Å². The van der Waals surface area contributed by atoms with Crippen molar-refractivity contribution in [1.29, 1.82) is 0 Å². The van der Waals surface area contributed by atoms with E-state index in [4.69, 9.17) is 14.2 Å². The Morgan fingerprint density at radius 2 is 1.97 bits per heavy atom. The van der Waals surface area contributed by atoms with Crippen molar-refractivity contribution in [2.75, 3.05) is 11.9 Å². The third-order valence-corrected chi connectivity index (χ3v) is 4.91. The quantitative estimate of drug-likeness (QED) is 0.454. The number of carbonyl (C=O) groups is 1. The standard InChI is InChI=1S/C20H27NO8/c1-3-4-15(23)21-11-5-6-13-12(8-11)10(2)7-16(27-13)29-20-19(26)18(25)17(24)14(9-22)28-20/h5-8,14,16-20,22,24-26H,3-4,9H2,1-2H3,(H,21,23)/t14-,16?,17+,18+,19-,20+/m1/s1. The highest BCUT2D eigenvalue weighted by molar-refractivity contribution is 5.91. The number of fused-ring (bicyclic) bond motifs is 1. The van der Waals surface area contributed by atoms with Crippen LogP contribution < -0.4 is 10.1 Å². The number of aliphatic hydroxyl groups is 4. The lowest BCUT2D eigenvalue weighted by atomic mass is 9.99. The minimum absolute atomic E-state index is 0.0605. The van der Waals surface area contributed by atoms with E-state index in [1.54, 1.807) is 24.3 Å². The van der Waals surface area contributed by atoms with Gasteiger partial charge in [0.1, 0.15) is 30.2 Å². The average molecular weight is 409 g/mol. The summed E-state index contributed by atoms with van der Waals surface area (Å²) >= 11 is 0. The number of hydrogen-bond acceptors (Lipinski definition) is 8. The van der Waals surface area contributed by atoms with Gasteiger partial charge in [0.25, 0.3) is 0 Å². The van der Waals surface area contributed by atoms with Gasteiger partial charge < -0.3 is 40.0 Å². The number of benzene rings is 1. The van der Waals surface area contributed by atoms with Crippen LogP contribution in [0, 0.1) is 0 Å². The fraction of sp³-hybridized carbons (Fsp3) is 0.550. The van der Waals surface area contributed by atoms with E-state index in [2.05, 4.69) is 5.32 Å². The number of hydrogen-bond donors (Lipinski definition) is 5. The predicted molar refractivity (Wildman–Crippen MR) is 103 cm³/mol. The van der Waals surface area contributed by atoms with Gasteiger partial charge in [0.05, 0.1) is 6.61 Å². The molecule has 0 aliphatic carbocycles. The van der Waals surface area contributed by atoms with Gasteiger partial charge in [-0.1, -0.05) is 6.92 Å². The second-order valence-electron chi connectivity index (χ2n) is 7.18. The Hall–Kier alpha value is -2.01. The number of ether oxygens (including phenoxy) is 3. The number of carbonyl (C=O) groups excluding carboxylic acids is 1. The van der Waals surface area contributed by atoms with Crippen LogP contribution in [-0.2, 0) is 14.3 Å². The van der Waals surface area contributed by atoms with Crippen LogP contribution in [-0.4, -0.2) is 69.9 Å². The minimum atomic E-state index is -1.53. The van der Waals surface area contributed by atoms with E-state index in [9.17, 15) is 25.2 Å². The van der Waals surface area contributed by atoms with Crippen LogP contribution in [0.25, 0.3) is 5.57 Å². The highest BCUT2D eigenvalue weighted by Gasteiger charge is 2.45. The smallest absolute Gasteiger partial charge is 0.224 e. The van der Waals surface area contributed by atoms with Crippen LogP contribution in [0.1, 0.15) is 32.3 Å². The van der Waals surface area contributed by atoms with Crippen LogP contribution in [0.3, 0.4) is 0 Å². The lowest BCUT2D eigenvalue weighted by Gasteiger charge is -2.40. The maximum atomic E-state index is 11.8. The number of aliphatic hydroxyl groups excluding tert-OH is 4. The summed E-state index contributed by atoms with van der Waals surface area (Å²) in [5, 5.41) is 42.0. The molecular formula is C20H27NO8. The maximum Gasteiger partial charge on any atom is 0.224 e. The first-order chi connectivity index (χ1) is 13.8. The van der Waals surface area contributed by atoms with Gasteiger partial charge in [-0.25, -0.2) is 0 Å². The van der Waals surface area contributed by atoms with Crippen molar-refractivity contribution in [3.05, 3.63) is 29.8 Å². The number of rotatable bonds is 6. The molecule has 160 valence electrons. The van der Waals surface area contributed by atoms with Gasteiger partial charge in [0.2, 0.25) is 12.2 Å². The fourth-order valence-electron chi connectivity index (χ4n) is 3.30. The molecule has 2 aliphatic heterocycles. The lowest BCUT2D eigenvalue weighted by Crippen LogP contribution is -2.59. The van der Waals surface area contributed by atoms with E-state index in [-0.39, 0.29) is 5.91 Å². The number of allylic oxidation sites excluding steroid dienone is 1. The molecule has 1 unspecified atom stereocenters. The maximum absolute atomic E-state index is 11.8. The van der Waals surface area contributed by atoms with E-state index in [0.29, 0.717) is 17.9 Å². The molecule has 0 bridgehead atoms. The molecule has 9 heteroatoms. The van der Waals surface area contributed by atoms with Crippen molar-refractivity contribution in [1.82, 2.24) is 0 Å². The Morgan fingerprint density at radius 1 is 1.21 bits per heavy atom. The zero-order valence-corrected chi connectivity index (χ0v) is 16.3. The van der Waals surface area contributed by atoms with Gasteiger partial charge >= 0.3 is 0 Å². The van der Waals surface area contributed by atoms with Crippen molar-refractivity contribution in [3.8, 4) is 5.75 Å². The molecule has 6 atom stereocenters. The molecule has 0 aromatic heterocycles. The van der Waals surface area contributed by atoms with Crippen molar-refractivity contribution in [3.63, 3.8) is 0 Å². The molecule has 2 heterocycles. The highest BCUT2D eigenvalue weighted by atomic mass is 16.8. The van der Waals surface area contributed by atoms with Gasteiger partial charge in [0, 0.05) is 17.7 Å². The molecule has 2 aliphatic rings. The monoisotopic (exact) mass is 409 g/mol. The molecule has 1 aromatic carbocycles. The zero-order chi connectivity index (χ0) is 21.1. The van der Waals surface area contributed by atoms with E-state index < -0.39 is 43.6 Å². The molecule has 0 spiro atoms. The Labute approximate surface area is 168 Å². The molecule has 1 aromatic rings. The molecule has 1 amide bonds. The second-order valence-corrected chi connectivity index (χ2v) is 7.18. The van der Waals surface area contributed by atoms with Crippen LogP contribution in [0.15, 0.2) is 24.3 Å². The fourth-order valence-corrected chi connectivity index (χ4v) is 3.30. The van der Waals surface area contributed by atoms with Gasteiger partial charge in [-0.15, -0.1) is 0 Å². The number of nitrogens with one attached hydrogen (secondary N) is 1. The summed E-state index contributed by atoms with van der Waals surface area (Å²) in [5.41, 5.74) is 2.27. The lowest BCUT2D eigenvalue weighted by molar-refractivity contribution is -0.321. The van der Waals surface area contributed by atoms with Gasteiger partial charge in [0.15, 0.2) is 6.29 Å². The molecule has 0 saturated carbocycles. The molecule has 9 nitrogen and oxygen atoms in total. The highest BCUT2D eigenvalue weighted by Crippen LogP contribution is 2.35. The second kappa shape index (κ2) is 9.21. The van der Waals surface area contributed by atoms with E-state index in [1.807, 2.05) is 13.8 Å². The Balaban J connectivity index is 1.71. The third-order valence-electron chi connectivity index (χ3n) is 4.91. The Morgan fingerprint density at radius 3 is 2.66 bits per heavy atom. The normalized spacial score (nSPS) is 31.4. The molecule has 1 fully saturated rings. The molecule has 0 radical (unpaired) electrons. The largest absolute Gasteiger partial charge is 0.461 e. The zero-order valence-electron chi connectivity index (χ0n) is 16.3. The summed E-state index contributed by atoms with van der Waals surface area (Å²) in [6, 6.07) is 5.23. The first kappa shape index (κ1) is 21.7. The van der Waals surface area contributed by atoms with Crippen LogP contribution in [0.2, 0.25) is 0 Å². The summed E-state index contributed by atoms with van der Waals surface area (Å²) in [6.45, 7) is 3.24.